The van der Waals surface area contributed by atoms with Crippen LogP contribution < -0.4 is 5.32 Å². The van der Waals surface area contributed by atoms with Crippen molar-refractivity contribution in [1.82, 2.24) is 34.3 Å². The third-order valence-corrected chi connectivity index (χ3v) is 8.42. The van der Waals surface area contributed by atoms with E-state index >= 15 is 4.39 Å². The Morgan fingerprint density at radius 3 is 2.44 bits per heavy atom. The molecule has 3 aliphatic heterocycles. The maximum atomic E-state index is 15.0. The predicted molar refractivity (Wildman–Crippen MR) is 141 cm³/mol. The van der Waals surface area contributed by atoms with E-state index in [1.165, 1.54) is 18.9 Å². The van der Waals surface area contributed by atoms with Crippen LogP contribution in [-0.2, 0) is 13.0 Å². The first-order valence-electron chi connectivity index (χ1n) is 13.6. The fraction of sp³-hybridized carbons (Fsp3) is 0.429. The van der Waals surface area contributed by atoms with Gasteiger partial charge in [-0.2, -0.15) is 13.2 Å². The van der Waals surface area contributed by atoms with Gasteiger partial charge in [-0.05, 0) is 50.1 Å². The van der Waals surface area contributed by atoms with Crippen molar-refractivity contribution in [3.8, 4) is 11.3 Å². The van der Waals surface area contributed by atoms with Crippen LogP contribution in [-0.4, -0.2) is 72.7 Å². The number of anilines is 2. The lowest BCUT2D eigenvalue weighted by atomic mass is 10.1. The molecular weight excluding hydrogens is 543 g/mol. The fourth-order valence-electron chi connectivity index (χ4n) is 6.57. The molecule has 3 aliphatic rings. The van der Waals surface area contributed by atoms with Crippen molar-refractivity contribution in [3.05, 3.63) is 59.7 Å². The minimum Gasteiger partial charge on any atom is -0.316 e. The molecule has 0 spiro atoms. The van der Waals surface area contributed by atoms with Crippen LogP contribution >= 0.6 is 0 Å². The number of halogens is 5. The van der Waals surface area contributed by atoms with E-state index in [1.54, 1.807) is 12.3 Å². The monoisotopic (exact) mass is 570 g/mol. The molecule has 8 nitrogen and oxygen atoms in total. The highest BCUT2D eigenvalue weighted by atomic mass is 19.4. The molecule has 1 N–H and O–H groups in total. The highest BCUT2D eigenvalue weighted by Gasteiger charge is 2.46. The van der Waals surface area contributed by atoms with E-state index in [1.807, 2.05) is 6.07 Å². The lowest BCUT2D eigenvalue weighted by Crippen LogP contribution is -2.51. The molecule has 0 saturated carbocycles. The van der Waals surface area contributed by atoms with E-state index in [9.17, 15) is 17.6 Å². The summed E-state index contributed by atoms with van der Waals surface area (Å²) in [6.07, 6.45) is 0.507. The van der Waals surface area contributed by atoms with Crippen LogP contribution in [0.5, 0.6) is 0 Å². The van der Waals surface area contributed by atoms with Crippen LogP contribution in [0.4, 0.5) is 33.7 Å². The smallest absolute Gasteiger partial charge is 0.316 e. The fourth-order valence-corrected chi connectivity index (χ4v) is 6.57. The third kappa shape index (κ3) is 4.70. The second kappa shape index (κ2) is 9.69. The van der Waals surface area contributed by atoms with Crippen LogP contribution in [0.3, 0.4) is 0 Å². The summed E-state index contributed by atoms with van der Waals surface area (Å²) in [5.41, 5.74) is 0.584. The highest BCUT2D eigenvalue weighted by Crippen LogP contribution is 2.42. The van der Waals surface area contributed by atoms with Crippen molar-refractivity contribution in [2.45, 2.75) is 56.5 Å². The summed E-state index contributed by atoms with van der Waals surface area (Å²) in [6, 6.07) is 5.37. The molecule has 3 aromatic heterocycles. The standard InChI is InChI=1S/C28H27F5N8/c1-39-13-17-3-4-18(14-39)40(17)12-15-2-6-23(34-10-15)36-27-35-11-20(30)25(38-27)16-8-19(29)26-21(9-16)41-22(28(31,32)33)5-7-24(41)37-26/h2,6,8-11,17-18,22H,3-5,7,12-14H2,1H3,(H,34,35,36,38). The van der Waals surface area contributed by atoms with Crippen molar-refractivity contribution >= 4 is 22.8 Å². The number of fused-ring (bicyclic) bond motifs is 5. The van der Waals surface area contributed by atoms with Crippen molar-refractivity contribution in [2.24, 2.45) is 0 Å². The van der Waals surface area contributed by atoms with Gasteiger partial charge in [-0.25, -0.2) is 28.7 Å². The molecule has 13 heteroatoms. The molecule has 0 radical (unpaired) electrons. The number of hydrogen-bond donors (Lipinski definition) is 1. The summed E-state index contributed by atoms with van der Waals surface area (Å²) in [5, 5.41) is 2.94. The van der Waals surface area contributed by atoms with Gasteiger partial charge in [-0.3, -0.25) is 4.90 Å². The number of alkyl halides is 3. The Kier molecular flexibility index (Phi) is 6.19. The van der Waals surface area contributed by atoms with Crippen LogP contribution in [0.25, 0.3) is 22.3 Å². The number of aromatic nitrogens is 5. The van der Waals surface area contributed by atoms with E-state index < -0.39 is 23.9 Å². The average molecular weight is 571 g/mol. The van der Waals surface area contributed by atoms with Crippen LogP contribution in [0.1, 0.15) is 36.7 Å². The largest absolute Gasteiger partial charge is 0.409 e. The van der Waals surface area contributed by atoms with Gasteiger partial charge in [0.25, 0.3) is 0 Å². The summed E-state index contributed by atoms with van der Waals surface area (Å²) >= 11 is 0. The summed E-state index contributed by atoms with van der Waals surface area (Å²) in [4.78, 5) is 21.7. The number of aryl methyl sites for hydroxylation is 1. The SMILES string of the molecule is CN1CC2CCC(C1)N2Cc1ccc(Nc2ncc(F)c(-c3cc(F)c4nc5n(c4c3)C(C(F)(F)F)CC5)n2)nc1. The molecule has 2 saturated heterocycles. The van der Waals surface area contributed by atoms with E-state index in [4.69, 9.17) is 0 Å². The summed E-state index contributed by atoms with van der Waals surface area (Å²) in [6.45, 7) is 2.95. The van der Waals surface area contributed by atoms with Crippen molar-refractivity contribution in [1.29, 1.82) is 0 Å². The first kappa shape index (κ1) is 26.2. The van der Waals surface area contributed by atoms with Gasteiger partial charge in [0.1, 0.15) is 28.9 Å². The molecule has 0 amide bonds. The quantitative estimate of drug-likeness (QED) is 0.329. The number of piperazine rings is 1. The highest BCUT2D eigenvalue weighted by molar-refractivity contribution is 5.83. The lowest BCUT2D eigenvalue weighted by Gasteiger charge is -2.39. The zero-order valence-electron chi connectivity index (χ0n) is 22.2. The van der Waals surface area contributed by atoms with Crippen molar-refractivity contribution in [2.75, 3.05) is 25.5 Å². The zero-order valence-corrected chi connectivity index (χ0v) is 22.2. The number of benzene rings is 1. The molecule has 0 aliphatic carbocycles. The van der Waals surface area contributed by atoms with E-state index in [-0.39, 0.29) is 46.9 Å². The number of pyridine rings is 1. The number of likely N-dealkylation sites (tertiary alicyclic amines) is 1. The Balaban J connectivity index is 1.13. The molecule has 41 heavy (non-hydrogen) atoms. The van der Waals surface area contributed by atoms with Gasteiger partial charge in [-0.15, -0.1) is 0 Å². The van der Waals surface area contributed by atoms with Gasteiger partial charge in [-0.1, -0.05) is 6.07 Å². The summed E-state index contributed by atoms with van der Waals surface area (Å²) in [7, 11) is 2.16. The minimum absolute atomic E-state index is 0.0152. The van der Waals surface area contributed by atoms with Crippen LogP contribution in [0.15, 0.2) is 36.7 Å². The number of nitrogens with zero attached hydrogens (tertiary/aromatic N) is 7. The summed E-state index contributed by atoms with van der Waals surface area (Å²) in [5.74, 6) is -1.08. The van der Waals surface area contributed by atoms with Gasteiger partial charge < -0.3 is 14.8 Å². The number of imidazole rings is 1. The molecule has 2 bridgehead atoms. The second-order valence-corrected chi connectivity index (χ2v) is 11.2. The van der Waals surface area contributed by atoms with Gasteiger partial charge in [0.05, 0.1) is 11.7 Å². The number of rotatable bonds is 5. The molecule has 214 valence electrons. The van der Waals surface area contributed by atoms with Gasteiger partial charge in [0.2, 0.25) is 5.95 Å². The Labute approximate surface area is 232 Å². The van der Waals surface area contributed by atoms with Crippen molar-refractivity contribution < 1.29 is 22.0 Å². The zero-order chi connectivity index (χ0) is 28.5. The van der Waals surface area contributed by atoms with Crippen molar-refractivity contribution in [3.63, 3.8) is 0 Å². The molecule has 3 atom stereocenters. The third-order valence-electron chi connectivity index (χ3n) is 8.42. The van der Waals surface area contributed by atoms with Crippen LogP contribution in [0, 0.1) is 11.6 Å². The Morgan fingerprint density at radius 2 is 1.73 bits per heavy atom. The summed E-state index contributed by atoms with van der Waals surface area (Å²) < 4.78 is 71.8. The number of hydrogen-bond acceptors (Lipinski definition) is 7. The van der Waals surface area contributed by atoms with Gasteiger partial charge >= 0.3 is 6.18 Å². The lowest BCUT2D eigenvalue weighted by molar-refractivity contribution is -0.164. The van der Waals surface area contributed by atoms with Gasteiger partial charge in [0, 0.05) is 49.9 Å². The molecule has 4 aromatic rings. The normalized spacial score (nSPS) is 22.9. The van der Waals surface area contributed by atoms with E-state index in [0.29, 0.717) is 17.9 Å². The first-order chi connectivity index (χ1) is 19.6. The maximum absolute atomic E-state index is 15.0. The molecule has 6 heterocycles. The molecule has 2 fully saturated rings. The topological polar surface area (TPSA) is 75.0 Å². The Morgan fingerprint density at radius 1 is 0.951 bits per heavy atom. The molecule has 7 rings (SSSR count). The maximum Gasteiger partial charge on any atom is 0.409 e. The number of nitrogens with one attached hydrogen (secondary N) is 1. The number of likely N-dealkylation sites (N-methyl/N-ethyl adjacent to an activating group) is 1. The van der Waals surface area contributed by atoms with E-state index in [0.717, 1.165) is 42.0 Å². The first-order valence-corrected chi connectivity index (χ1v) is 13.6. The van der Waals surface area contributed by atoms with E-state index in [2.05, 4.69) is 42.1 Å². The van der Waals surface area contributed by atoms with Crippen LogP contribution in [0.2, 0.25) is 0 Å². The molecule has 1 aromatic carbocycles. The average Bonchev–Trinajstić information content (AvgIpc) is 3.57. The Hall–Kier alpha value is -3.71. The second-order valence-electron chi connectivity index (χ2n) is 11.2. The molecular formula is C28H27F5N8. The molecule has 3 unspecified atom stereocenters. The predicted octanol–water partition coefficient (Wildman–Crippen LogP) is 5.24. The Bertz CT molecular complexity index is 1600. The van der Waals surface area contributed by atoms with Gasteiger partial charge in [0.15, 0.2) is 11.6 Å². The minimum atomic E-state index is -4.52.